The number of urea groups is 1. The molecule has 0 saturated heterocycles. The molecule has 0 unspecified atom stereocenters. The number of nitrogens with zero attached hydrogens (tertiary/aromatic N) is 1. The fourth-order valence-electron chi connectivity index (χ4n) is 2.45. The van der Waals surface area contributed by atoms with Crippen LogP contribution in [0.2, 0.25) is 0 Å². The van der Waals surface area contributed by atoms with Gasteiger partial charge in [0, 0.05) is 19.0 Å². The molecule has 29 heavy (non-hydrogen) atoms. The summed E-state index contributed by atoms with van der Waals surface area (Å²) >= 11 is 1.51. The van der Waals surface area contributed by atoms with E-state index in [-0.39, 0.29) is 18.0 Å². The number of anilines is 1. The van der Waals surface area contributed by atoms with E-state index >= 15 is 0 Å². The molecule has 0 fully saturated rings. The number of hydrogen-bond acceptors (Lipinski definition) is 5. The number of amides is 2. The van der Waals surface area contributed by atoms with Gasteiger partial charge in [0.2, 0.25) is 0 Å². The second-order valence-corrected chi connectivity index (χ2v) is 6.74. The van der Waals surface area contributed by atoms with Crippen molar-refractivity contribution in [3.05, 3.63) is 47.5 Å². The molecule has 0 radical (unpaired) electrons. The van der Waals surface area contributed by atoms with Crippen LogP contribution in [-0.2, 0) is 6.42 Å². The Morgan fingerprint density at radius 2 is 1.83 bits per heavy atom. The summed E-state index contributed by atoms with van der Waals surface area (Å²) in [4.78, 5) is 16.5. The number of benzene rings is 2. The molecule has 0 aliphatic rings. The Kier molecular flexibility index (Phi) is 6.70. The zero-order chi connectivity index (χ0) is 20.8. The second-order valence-electron chi connectivity index (χ2n) is 5.62. The maximum atomic E-state index is 12.6. The van der Waals surface area contributed by atoms with E-state index in [0.29, 0.717) is 6.42 Å². The number of carbonyl (C=O) groups is 1. The summed E-state index contributed by atoms with van der Waals surface area (Å²) in [7, 11) is 0. The van der Waals surface area contributed by atoms with Gasteiger partial charge in [-0.2, -0.15) is 17.6 Å². The molecule has 2 aromatic carbocycles. The summed E-state index contributed by atoms with van der Waals surface area (Å²) in [6.07, 6.45) is 0.480. The van der Waals surface area contributed by atoms with Gasteiger partial charge in [-0.1, -0.05) is 12.1 Å². The van der Waals surface area contributed by atoms with Gasteiger partial charge in [0.15, 0.2) is 5.75 Å². The van der Waals surface area contributed by atoms with E-state index < -0.39 is 25.0 Å². The lowest BCUT2D eigenvalue weighted by Crippen LogP contribution is -2.30. The first kappa shape index (κ1) is 20.6. The number of alkyl halides is 4. The van der Waals surface area contributed by atoms with Crippen LogP contribution in [-0.4, -0.2) is 30.8 Å². The van der Waals surface area contributed by atoms with E-state index in [1.54, 1.807) is 0 Å². The lowest BCUT2D eigenvalue weighted by atomic mass is 10.2. The maximum Gasteiger partial charge on any atom is 0.387 e. The molecule has 3 aromatic rings. The highest BCUT2D eigenvalue weighted by Crippen LogP contribution is 2.31. The Morgan fingerprint density at radius 1 is 1.07 bits per heavy atom. The predicted octanol–water partition coefficient (Wildman–Crippen LogP) is 4.86. The van der Waals surface area contributed by atoms with E-state index in [1.807, 2.05) is 24.3 Å². The van der Waals surface area contributed by atoms with Crippen LogP contribution in [0.1, 0.15) is 5.01 Å². The van der Waals surface area contributed by atoms with Crippen molar-refractivity contribution in [1.29, 1.82) is 0 Å². The number of carbonyl (C=O) groups excluding carboxylic acids is 1. The third-order valence-electron chi connectivity index (χ3n) is 3.61. The lowest BCUT2D eigenvalue weighted by molar-refractivity contribution is -0.0539. The van der Waals surface area contributed by atoms with Gasteiger partial charge in [-0.25, -0.2) is 9.78 Å². The van der Waals surface area contributed by atoms with Crippen LogP contribution in [0.3, 0.4) is 0 Å². The summed E-state index contributed by atoms with van der Waals surface area (Å²) in [6, 6.07) is 10.0. The van der Waals surface area contributed by atoms with Gasteiger partial charge in [-0.3, -0.25) is 0 Å². The monoisotopic (exact) mass is 429 g/mol. The Morgan fingerprint density at radius 3 is 2.55 bits per heavy atom. The summed E-state index contributed by atoms with van der Waals surface area (Å²) in [5.74, 6) is -0.878. The highest BCUT2D eigenvalue weighted by Gasteiger charge is 2.15. The zero-order valence-corrected chi connectivity index (χ0v) is 15.5. The number of nitrogens with one attached hydrogen (secondary N) is 2. The van der Waals surface area contributed by atoms with Crippen LogP contribution in [0.4, 0.5) is 28.0 Å². The van der Waals surface area contributed by atoms with Crippen LogP contribution in [0, 0.1) is 0 Å². The van der Waals surface area contributed by atoms with Crippen molar-refractivity contribution in [2.24, 2.45) is 0 Å². The van der Waals surface area contributed by atoms with Gasteiger partial charge < -0.3 is 20.1 Å². The van der Waals surface area contributed by atoms with Crippen LogP contribution >= 0.6 is 11.3 Å². The minimum absolute atomic E-state index is 0.121. The molecule has 3 rings (SSSR count). The summed E-state index contributed by atoms with van der Waals surface area (Å²) in [6.45, 7) is -6.08. The summed E-state index contributed by atoms with van der Waals surface area (Å²) in [5, 5.41) is 5.75. The Hall–Kier alpha value is -3.08. The summed E-state index contributed by atoms with van der Waals surface area (Å²) < 4.78 is 59.1. The molecule has 2 N–H and O–H groups in total. The number of thiazole rings is 1. The first-order chi connectivity index (χ1) is 13.9. The molecule has 2 amide bonds. The average Bonchev–Trinajstić information content (AvgIpc) is 3.05. The number of aromatic nitrogens is 1. The number of ether oxygens (including phenoxy) is 2. The Labute approximate surface area is 166 Å². The summed E-state index contributed by atoms with van der Waals surface area (Å²) in [5.41, 5.74) is 0.751. The third kappa shape index (κ3) is 5.95. The largest absolute Gasteiger partial charge is 0.435 e. The van der Waals surface area contributed by atoms with Gasteiger partial charge >= 0.3 is 19.3 Å². The highest BCUT2D eigenvalue weighted by atomic mass is 32.1. The third-order valence-corrected chi connectivity index (χ3v) is 4.70. The average molecular weight is 429 g/mol. The van der Waals surface area contributed by atoms with Gasteiger partial charge in [0.25, 0.3) is 0 Å². The minimum atomic E-state index is -3.21. The predicted molar refractivity (Wildman–Crippen MR) is 100 cm³/mol. The molecule has 1 aromatic heterocycles. The van der Waals surface area contributed by atoms with Crippen molar-refractivity contribution >= 4 is 33.3 Å². The topological polar surface area (TPSA) is 72.5 Å². The number of fused-ring (bicyclic) bond motifs is 1. The number of rotatable bonds is 8. The lowest BCUT2D eigenvalue weighted by Gasteiger charge is -2.14. The number of hydrogen-bond donors (Lipinski definition) is 2. The molecule has 0 atom stereocenters. The van der Waals surface area contributed by atoms with Gasteiger partial charge in [-0.15, -0.1) is 11.3 Å². The number of halogens is 4. The van der Waals surface area contributed by atoms with Crippen molar-refractivity contribution in [1.82, 2.24) is 10.3 Å². The molecule has 0 aliphatic heterocycles. The van der Waals surface area contributed by atoms with Gasteiger partial charge in [0.05, 0.1) is 20.9 Å². The fraction of sp³-hybridized carbons (Fsp3) is 0.222. The Balaban J connectivity index is 1.58. The van der Waals surface area contributed by atoms with Crippen molar-refractivity contribution in [2.45, 2.75) is 19.6 Å². The minimum Gasteiger partial charge on any atom is -0.435 e. The van der Waals surface area contributed by atoms with Crippen LogP contribution < -0.4 is 20.1 Å². The Bertz CT molecular complexity index is 951. The fourth-order valence-corrected chi connectivity index (χ4v) is 3.42. The van der Waals surface area contributed by atoms with Crippen LogP contribution in [0.25, 0.3) is 10.2 Å². The van der Waals surface area contributed by atoms with E-state index in [9.17, 15) is 22.4 Å². The van der Waals surface area contributed by atoms with E-state index in [0.717, 1.165) is 33.4 Å². The molecule has 6 nitrogen and oxygen atoms in total. The smallest absolute Gasteiger partial charge is 0.387 e. The highest BCUT2D eigenvalue weighted by molar-refractivity contribution is 7.18. The molecule has 0 saturated carbocycles. The van der Waals surface area contributed by atoms with E-state index in [4.69, 9.17) is 0 Å². The molecular weight excluding hydrogens is 414 g/mol. The SMILES string of the molecule is O=C(NCCc1nc2ccccc2s1)Nc1ccc(OC(F)F)cc1OC(F)F. The molecule has 0 spiro atoms. The number of para-hydroxylation sites is 1. The van der Waals surface area contributed by atoms with Crippen molar-refractivity contribution in [3.63, 3.8) is 0 Å². The second kappa shape index (κ2) is 9.41. The molecule has 0 bridgehead atoms. The molecule has 1 heterocycles. The van der Waals surface area contributed by atoms with Crippen LogP contribution in [0.5, 0.6) is 11.5 Å². The molecule has 154 valence electrons. The maximum absolute atomic E-state index is 12.6. The molecular formula is C18H15F4N3O3S. The van der Waals surface area contributed by atoms with Gasteiger partial charge in [0.1, 0.15) is 5.75 Å². The molecule has 0 aliphatic carbocycles. The quantitative estimate of drug-likeness (QED) is 0.502. The van der Waals surface area contributed by atoms with Crippen molar-refractivity contribution in [3.8, 4) is 11.5 Å². The van der Waals surface area contributed by atoms with Crippen molar-refractivity contribution in [2.75, 3.05) is 11.9 Å². The van der Waals surface area contributed by atoms with Crippen LogP contribution in [0.15, 0.2) is 42.5 Å². The first-order valence-corrected chi connectivity index (χ1v) is 9.15. The van der Waals surface area contributed by atoms with E-state index in [2.05, 4.69) is 25.1 Å². The van der Waals surface area contributed by atoms with Crippen molar-refractivity contribution < 1.29 is 31.8 Å². The van der Waals surface area contributed by atoms with E-state index in [1.165, 1.54) is 11.3 Å². The van der Waals surface area contributed by atoms with Gasteiger partial charge in [-0.05, 0) is 24.3 Å². The normalized spacial score (nSPS) is 11.1. The standard InChI is InChI=1S/C18H15F4N3O3S/c19-16(20)27-10-5-6-11(13(9-10)28-17(21)22)25-18(26)23-8-7-15-24-12-3-1-2-4-14(12)29-15/h1-6,9,16-17H,7-8H2,(H2,23,25,26). The molecule has 11 heteroatoms. The first-order valence-electron chi connectivity index (χ1n) is 8.33. The zero-order valence-electron chi connectivity index (χ0n) is 14.7.